The predicted octanol–water partition coefficient (Wildman–Crippen LogP) is 17.2. The van der Waals surface area contributed by atoms with Crippen molar-refractivity contribution in [2.75, 3.05) is 4.90 Å². The molecule has 1 aliphatic rings. The van der Waals surface area contributed by atoms with Gasteiger partial charge in [-0.25, -0.2) is 10.1 Å². The van der Waals surface area contributed by atoms with E-state index in [2.05, 4.69) is 172 Å². The molecule has 0 atom stereocenters. The van der Waals surface area contributed by atoms with Crippen molar-refractivity contribution in [3.63, 3.8) is 0 Å². The van der Waals surface area contributed by atoms with Crippen LogP contribution in [0.4, 0.5) is 17.1 Å². The van der Waals surface area contributed by atoms with Crippen LogP contribution in [0.3, 0.4) is 0 Å². The summed E-state index contributed by atoms with van der Waals surface area (Å²) in [6.07, 6.45) is 10.5. The van der Waals surface area contributed by atoms with Crippen LogP contribution in [0.5, 0.6) is 0 Å². The summed E-state index contributed by atoms with van der Waals surface area (Å²) in [5, 5.41) is 14.0. The van der Waals surface area contributed by atoms with E-state index in [0.29, 0.717) is 22.3 Å². The maximum absolute atomic E-state index is 13.5. The zero-order chi connectivity index (χ0) is 43.4. The van der Waals surface area contributed by atoms with Crippen LogP contribution in [-0.2, 0) is 0 Å². The molecule has 0 bridgehead atoms. The second-order valence-electron chi connectivity index (χ2n) is 14.7. The number of anilines is 3. The molecule has 10 rings (SSSR count). The summed E-state index contributed by atoms with van der Waals surface area (Å²) in [5.74, 6) is -0.174. The molecule has 0 amide bonds. The zero-order valence-electron chi connectivity index (χ0n) is 33.8. The molecule has 1 aliphatic carbocycles. The first-order chi connectivity index (χ1) is 31.5. The molecule has 5 heterocycles. The van der Waals surface area contributed by atoms with E-state index in [0.717, 1.165) is 32.4 Å². The summed E-state index contributed by atoms with van der Waals surface area (Å²) in [6.45, 7) is 7.63. The first kappa shape index (κ1) is 40.8. The Labute approximate surface area is 391 Å². The highest BCUT2D eigenvalue weighted by atomic mass is 32.1. The first-order valence-corrected chi connectivity index (χ1v) is 24.4. The van der Waals surface area contributed by atoms with Gasteiger partial charge in [0, 0.05) is 72.8 Å². The Hall–Kier alpha value is -7.21. The zero-order valence-corrected chi connectivity index (χ0v) is 37.9. The van der Waals surface area contributed by atoms with E-state index >= 15 is 0 Å². The first-order valence-electron chi connectivity index (χ1n) is 20.2. The molecule has 0 fully saturated rings. The number of rotatable bonds is 11. The van der Waals surface area contributed by atoms with E-state index in [1.807, 2.05) is 24.3 Å². The monoisotopic (exact) mass is 911 g/mol. The van der Waals surface area contributed by atoms with Crippen molar-refractivity contribution in [3.8, 4) is 37.4 Å². The molecule has 4 aromatic carbocycles. The van der Waals surface area contributed by atoms with Crippen molar-refractivity contribution >= 4 is 115 Å². The van der Waals surface area contributed by atoms with Gasteiger partial charge in [0.25, 0.3) is 5.70 Å². The number of thiophene rings is 5. The van der Waals surface area contributed by atoms with Gasteiger partial charge in [-0.3, -0.25) is 4.79 Å². The lowest BCUT2D eigenvalue weighted by molar-refractivity contribution is 0.104. The van der Waals surface area contributed by atoms with Crippen LogP contribution < -0.4 is 4.90 Å². The summed E-state index contributed by atoms with van der Waals surface area (Å²) < 4.78 is 0. The van der Waals surface area contributed by atoms with Crippen molar-refractivity contribution in [1.82, 2.24) is 0 Å². The maximum Gasteiger partial charge on any atom is 0.270 e. The summed E-state index contributed by atoms with van der Waals surface area (Å²) in [7, 11) is 0. The number of hydrogen-bond donors (Lipinski definition) is 0. The average Bonchev–Trinajstić information content (AvgIpc) is 4.21. The number of allylic oxidation sites excluding steroid dienone is 3. The molecular formula is C55H33N3OS5. The van der Waals surface area contributed by atoms with Gasteiger partial charge in [-0.2, -0.15) is 0 Å². The lowest BCUT2D eigenvalue weighted by Gasteiger charge is -2.26. The molecule has 9 heteroatoms. The molecule has 0 unspecified atom stereocenters. The molecule has 0 saturated heterocycles. The Morgan fingerprint density at radius 2 is 0.953 bits per heavy atom. The van der Waals surface area contributed by atoms with E-state index in [-0.39, 0.29) is 11.5 Å². The lowest BCUT2D eigenvalue weighted by atomic mass is 10.0. The number of Topliss-reactive ketones (excluding diaryl/α,β-unsaturated/α-hetero) is 1. The average molecular weight is 912 g/mol. The summed E-state index contributed by atoms with van der Waals surface area (Å²) in [4.78, 5) is 28.6. The number of carbonyl (C=O) groups is 1. The minimum absolute atomic E-state index is 0.0807. The van der Waals surface area contributed by atoms with Crippen molar-refractivity contribution in [1.29, 1.82) is 5.26 Å². The highest BCUT2D eigenvalue weighted by Crippen LogP contribution is 2.43. The highest BCUT2D eigenvalue weighted by Gasteiger charge is 2.32. The Bertz CT molecular complexity index is 3200. The Morgan fingerprint density at radius 1 is 0.516 bits per heavy atom. The second kappa shape index (κ2) is 18.3. The molecular weight excluding hydrogens is 879 g/mol. The lowest BCUT2D eigenvalue weighted by Crippen LogP contribution is -2.09. The van der Waals surface area contributed by atoms with Crippen LogP contribution >= 0.6 is 56.7 Å². The molecule has 64 heavy (non-hydrogen) atoms. The van der Waals surface area contributed by atoms with Gasteiger partial charge in [-0.15, -0.1) is 56.7 Å². The minimum atomic E-state index is -0.174. The maximum atomic E-state index is 13.5. The van der Waals surface area contributed by atoms with Crippen LogP contribution in [0.2, 0.25) is 0 Å². The van der Waals surface area contributed by atoms with Crippen molar-refractivity contribution in [2.24, 2.45) is 0 Å². The van der Waals surface area contributed by atoms with E-state index < -0.39 is 0 Å². The number of fused-ring (bicyclic) bond motifs is 1. The quantitative estimate of drug-likeness (QED) is 0.0738. The predicted molar refractivity (Wildman–Crippen MR) is 275 cm³/mol. The van der Waals surface area contributed by atoms with Gasteiger partial charge >= 0.3 is 0 Å². The summed E-state index contributed by atoms with van der Waals surface area (Å²) >= 11 is 8.61. The largest absolute Gasteiger partial charge is 0.311 e. The van der Waals surface area contributed by atoms with Crippen LogP contribution in [0.15, 0.2) is 180 Å². The fourth-order valence-electron chi connectivity index (χ4n) is 7.63. The number of carbonyl (C=O) groups excluding carboxylic acids is 1. The molecule has 0 aliphatic heterocycles. The Kier molecular flexibility index (Phi) is 11.6. The van der Waals surface area contributed by atoms with E-state index in [4.69, 9.17) is 6.57 Å². The number of nitrogens with zero attached hydrogens (tertiary/aromatic N) is 3. The minimum Gasteiger partial charge on any atom is -0.311 e. The SMILES string of the molecule is [C-]#[N+]C(C#N)=C1/C(=C/c2ccc(-c3ccc(N(c4ccc(-c5ccc(/C=C/c6cccs6)s5)cc4)c4ccc(-c5ccc(/C=C/c6cccs6)s5)cc4)cc3)s2)C(=O)c2ccccc21. The van der Waals surface area contributed by atoms with Crippen molar-refractivity contribution in [2.45, 2.75) is 0 Å². The topological polar surface area (TPSA) is 48.5 Å². The second-order valence-corrected chi connectivity index (χ2v) is 20.0. The third kappa shape index (κ3) is 8.47. The van der Waals surface area contributed by atoms with Gasteiger partial charge in [-0.05, 0) is 148 Å². The van der Waals surface area contributed by atoms with E-state index in [1.54, 1.807) is 74.9 Å². The van der Waals surface area contributed by atoms with Crippen LogP contribution in [0.25, 0.3) is 72.1 Å². The van der Waals surface area contributed by atoms with Gasteiger partial charge in [0.05, 0.1) is 12.6 Å². The number of ketones is 1. The number of benzene rings is 4. The van der Waals surface area contributed by atoms with E-state index in [9.17, 15) is 10.1 Å². The molecule has 9 aromatic rings. The normalized spacial score (nSPS) is 13.7. The van der Waals surface area contributed by atoms with Crippen LogP contribution in [-0.4, -0.2) is 5.78 Å². The Balaban J connectivity index is 0.944. The molecule has 304 valence electrons. The number of nitriles is 1. The molecule has 0 N–H and O–H groups in total. The van der Waals surface area contributed by atoms with Gasteiger partial charge < -0.3 is 4.90 Å². The summed E-state index contributed by atoms with van der Waals surface area (Å²) in [5.41, 5.74) is 8.33. The molecule has 0 spiro atoms. The summed E-state index contributed by atoms with van der Waals surface area (Å²) in [6, 6.07) is 56.5. The standard InChI is InChI=1S/C55H33N3OS5/c1-57-50(35-56)54-47-8-2-3-9-48(47)55(59)49(54)34-46-28-31-53(64-46)38-14-20-41(21-15-38)58(39-16-10-36(11-17-39)51-29-26-44(62-51)24-22-42-6-4-32-60-42)40-18-12-37(13-19-40)52-30-27-45(63-52)25-23-43-7-5-33-61-43/h2-34H/b24-22+,25-23+,49-34-,54-50?. The molecule has 0 saturated carbocycles. The molecule has 5 aromatic heterocycles. The van der Waals surface area contributed by atoms with Crippen molar-refractivity contribution < 1.29 is 4.79 Å². The van der Waals surface area contributed by atoms with Crippen LogP contribution in [0, 0.1) is 17.9 Å². The van der Waals surface area contributed by atoms with Gasteiger partial charge in [0.1, 0.15) is 0 Å². The van der Waals surface area contributed by atoms with Gasteiger partial charge in [-0.1, -0.05) is 72.8 Å². The third-order valence-corrected chi connectivity index (χ3v) is 15.7. The van der Waals surface area contributed by atoms with Gasteiger partial charge in [0.2, 0.25) is 0 Å². The highest BCUT2D eigenvalue weighted by molar-refractivity contribution is 7.17. The van der Waals surface area contributed by atoms with E-state index in [1.165, 1.54) is 40.4 Å². The Morgan fingerprint density at radius 3 is 1.39 bits per heavy atom. The molecule has 0 radical (unpaired) electrons. The van der Waals surface area contributed by atoms with Crippen molar-refractivity contribution in [3.05, 3.63) is 227 Å². The third-order valence-electron chi connectivity index (χ3n) is 10.7. The van der Waals surface area contributed by atoms with Gasteiger partial charge in [0.15, 0.2) is 5.78 Å². The molecule has 4 nitrogen and oxygen atoms in total. The van der Waals surface area contributed by atoms with Crippen LogP contribution in [0.1, 0.15) is 40.3 Å². The fourth-order valence-corrected chi connectivity index (χ4v) is 11.7. The smallest absolute Gasteiger partial charge is 0.270 e. The fraction of sp³-hybridized carbons (Fsp3) is 0. The number of hydrogen-bond acceptors (Lipinski definition) is 8.